The highest BCUT2D eigenvalue weighted by Gasteiger charge is 2.35. The molecule has 0 bridgehead atoms. The van der Waals surface area contributed by atoms with Gasteiger partial charge in [-0.3, -0.25) is 19.3 Å². The van der Waals surface area contributed by atoms with Crippen LogP contribution in [-0.2, 0) is 9.59 Å². The quantitative estimate of drug-likeness (QED) is 0.570. The zero-order valence-electron chi connectivity index (χ0n) is 14.0. The standard InChI is InChI=1S/C18H18N2O6/c21-4-3-20-16(22)9-13(18(20)24)19-12-8-15-14(25-5-6-26-15)7-11(12)17(23)10-1-2-10/h7-10,19,21H,1-6H2. The Morgan fingerprint density at radius 2 is 1.88 bits per heavy atom. The van der Waals surface area contributed by atoms with Gasteiger partial charge in [0.2, 0.25) is 0 Å². The van der Waals surface area contributed by atoms with Gasteiger partial charge in [0.1, 0.15) is 18.9 Å². The smallest absolute Gasteiger partial charge is 0.277 e. The lowest BCUT2D eigenvalue weighted by Crippen LogP contribution is -2.34. The van der Waals surface area contributed by atoms with E-state index < -0.39 is 11.8 Å². The molecule has 1 aromatic carbocycles. The maximum absolute atomic E-state index is 12.6. The number of aliphatic hydroxyl groups is 1. The lowest BCUT2D eigenvalue weighted by Gasteiger charge is -2.21. The third kappa shape index (κ3) is 2.92. The van der Waals surface area contributed by atoms with Crippen molar-refractivity contribution in [1.82, 2.24) is 4.90 Å². The molecule has 2 amide bonds. The zero-order valence-corrected chi connectivity index (χ0v) is 14.0. The van der Waals surface area contributed by atoms with Crippen LogP contribution in [0.25, 0.3) is 0 Å². The van der Waals surface area contributed by atoms with Crippen molar-refractivity contribution < 1.29 is 29.0 Å². The number of nitrogens with one attached hydrogen (secondary N) is 1. The maximum Gasteiger partial charge on any atom is 0.277 e. The van der Waals surface area contributed by atoms with Crippen molar-refractivity contribution in [2.24, 2.45) is 5.92 Å². The molecule has 0 atom stereocenters. The molecule has 0 saturated heterocycles. The van der Waals surface area contributed by atoms with Crippen LogP contribution in [0, 0.1) is 5.92 Å². The molecule has 0 unspecified atom stereocenters. The van der Waals surface area contributed by atoms with Crippen LogP contribution < -0.4 is 14.8 Å². The van der Waals surface area contributed by atoms with Crippen molar-refractivity contribution in [3.05, 3.63) is 29.5 Å². The molecule has 4 rings (SSSR count). The Kier molecular flexibility index (Phi) is 4.12. The molecule has 2 heterocycles. The van der Waals surface area contributed by atoms with Gasteiger partial charge in [-0.25, -0.2) is 0 Å². The second kappa shape index (κ2) is 6.45. The van der Waals surface area contributed by atoms with Crippen LogP contribution in [0.2, 0.25) is 0 Å². The van der Waals surface area contributed by atoms with Crippen molar-refractivity contribution in [2.75, 3.05) is 31.7 Å². The maximum atomic E-state index is 12.6. The van der Waals surface area contributed by atoms with Crippen molar-refractivity contribution in [3.8, 4) is 11.5 Å². The molecular weight excluding hydrogens is 340 g/mol. The highest BCUT2D eigenvalue weighted by Crippen LogP contribution is 2.41. The molecule has 1 saturated carbocycles. The van der Waals surface area contributed by atoms with E-state index in [4.69, 9.17) is 14.6 Å². The van der Waals surface area contributed by atoms with E-state index in [1.165, 1.54) is 6.08 Å². The number of β-amino-alcohol motifs (C(OH)–C–C–N with tert-alkyl or cyclic N) is 1. The van der Waals surface area contributed by atoms with Crippen molar-refractivity contribution in [1.29, 1.82) is 0 Å². The number of carbonyl (C=O) groups is 3. The number of rotatable bonds is 6. The van der Waals surface area contributed by atoms with E-state index in [1.807, 2.05) is 0 Å². The molecule has 2 N–H and O–H groups in total. The zero-order chi connectivity index (χ0) is 18.3. The summed E-state index contributed by atoms with van der Waals surface area (Å²) in [5.41, 5.74) is 0.882. The second-order valence-corrected chi connectivity index (χ2v) is 6.38. The largest absolute Gasteiger partial charge is 0.486 e. The Morgan fingerprint density at radius 1 is 1.19 bits per heavy atom. The van der Waals surface area contributed by atoms with E-state index in [-0.39, 0.29) is 30.5 Å². The number of ketones is 1. The van der Waals surface area contributed by atoms with Crippen molar-refractivity contribution in [3.63, 3.8) is 0 Å². The molecule has 26 heavy (non-hydrogen) atoms. The number of amides is 2. The number of hydrogen-bond acceptors (Lipinski definition) is 7. The Morgan fingerprint density at radius 3 is 2.54 bits per heavy atom. The van der Waals surface area contributed by atoms with Crippen molar-refractivity contribution in [2.45, 2.75) is 12.8 Å². The number of benzene rings is 1. The number of nitrogens with zero attached hydrogens (tertiary/aromatic N) is 1. The number of aliphatic hydroxyl groups excluding tert-OH is 1. The van der Waals surface area contributed by atoms with Gasteiger partial charge in [0.25, 0.3) is 11.8 Å². The van der Waals surface area contributed by atoms with Gasteiger partial charge in [0.05, 0.1) is 18.8 Å². The molecule has 1 aromatic rings. The Labute approximate surface area is 149 Å². The molecule has 0 radical (unpaired) electrons. The number of anilines is 1. The Balaban J connectivity index is 1.67. The van der Waals surface area contributed by atoms with Gasteiger partial charge in [-0.2, -0.15) is 0 Å². The predicted molar refractivity (Wildman–Crippen MR) is 90.0 cm³/mol. The summed E-state index contributed by atoms with van der Waals surface area (Å²) >= 11 is 0. The van der Waals surface area contributed by atoms with Crippen LogP contribution in [0.1, 0.15) is 23.2 Å². The van der Waals surface area contributed by atoms with Crippen LogP contribution >= 0.6 is 0 Å². The Hall–Kier alpha value is -2.87. The summed E-state index contributed by atoms with van der Waals surface area (Å²) in [7, 11) is 0. The first-order valence-electron chi connectivity index (χ1n) is 8.51. The number of carbonyl (C=O) groups excluding carboxylic acids is 3. The minimum absolute atomic E-state index is 0.0149. The summed E-state index contributed by atoms with van der Waals surface area (Å²) < 4.78 is 11.1. The molecule has 136 valence electrons. The molecule has 0 spiro atoms. The number of fused-ring (bicyclic) bond motifs is 1. The van der Waals surface area contributed by atoms with E-state index in [2.05, 4.69) is 5.32 Å². The highest BCUT2D eigenvalue weighted by molar-refractivity contribution is 6.18. The van der Waals surface area contributed by atoms with Crippen LogP contribution in [0.5, 0.6) is 11.5 Å². The summed E-state index contributed by atoms with van der Waals surface area (Å²) in [4.78, 5) is 37.9. The second-order valence-electron chi connectivity index (χ2n) is 6.38. The van der Waals surface area contributed by atoms with E-state index in [9.17, 15) is 14.4 Å². The summed E-state index contributed by atoms with van der Waals surface area (Å²) in [6.07, 6.45) is 2.86. The van der Waals surface area contributed by atoms with Crippen LogP contribution in [0.4, 0.5) is 5.69 Å². The lowest BCUT2D eigenvalue weighted by molar-refractivity contribution is -0.137. The van der Waals surface area contributed by atoms with Crippen LogP contribution in [0.3, 0.4) is 0 Å². The van der Waals surface area contributed by atoms with Gasteiger partial charge in [0, 0.05) is 23.6 Å². The average Bonchev–Trinajstić information content (AvgIpc) is 3.45. The summed E-state index contributed by atoms with van der Waals surface area (Å²) in [5.74, 6) is -0.0953. The summed E-state index contributed by atoms with van der Waals surface area (Å²) in [6, 6.07) is 3.25. The fourth-order valence-electron chi connectivity index (χ4n) is 3.02. The molecule has 1 aliphatic carbocycles. The van der Waals surface area contributed by atoms with E-state index in [0.29, 0.717) is 36.0 Å². The minimum Gasteiger partial charge on any atom is -0.486 e. The monoisotopic (exact) mass is 358 g/mol. The number of Topliss-reactive ketones (excluding diaryl/α,β-unsaturated/α-hetero) is 1. The van der Waals surface area contributed by atoms with Gasteiger partial charge in [-0.1, -0.05) is 0 Å². The molecule has 3 aliphatic rings. The minimum atomic E-state index is -0.538. The first-order valence-corrected chi connectivity index (χ1v) is 8.51. The summed E-state index contributed by atoms with van der Waals surface area (Å²) in [5, 5.41) is 11.9. The SMILES string of the molecule is O=C(c1cc2c(cc1NC1=CC(=O)N(CCO)C1=O)OCCO2)C1CC1. The van der Waals surface area contributed by atoms with E-state index in [0.717, 1.165) is 17.7 Å². The number of imide groups is 1. The third-order valence-corrected chi connectivity index (χ3v) is 4.50. The van der Waals surface area contributed by atoms with Gasteiger partial charge in [-0.05, 0) is 18.9 Å². The molecule has 8 nitrogen and oxygen atoms in total. The topological polar surface area (TPSA) is 105 Å². The molecular formula is C18H18N2O6. The Bertz CT molecular complexity index is 827. The number of hydrogen-bond donors (Lipinski definition) is 2. The predicted octanol–water partition coefficient (Wildman–Crippen LogP) is 0.707. The fraction of sp³-hybridized carbons (Fsp3) is 0.389. The molecule has 2 aliphatic heterocycles. The summed E-state index contributed by atoms with van der Waals surface area (Å²) in [6.45, 7) is 0.417. The molecule has 1 fully saturated rings. The van der Waals surface area contributed by atoms with E-state index in [1.54, 1.807) is 12.1 Å². The highest BCUT2D eigenvalue weighted by atomic mass is 16.6. The van der Waals surface area contributed by atoms with Crippen molar-refractivity contribution >= 4 is 23.3 Å². The van der Waals surface area contributed by atoms with Gasteiger partial charge in [0.15, 0.2) is 17.3 Å². The third-order valence-electron chi connectivity index (χ3n) is 4.50. The normalized spacial score (nSPS) is 18.8. The van der Waals surface area contributed by atoms with Gasteiger partial charge >= 0.3 is 0 Å². The molecule has 8 heteroatoms. The average molecular weight is 358 g/mol. The molecule has 0 aromatic heterocycles. The van der Waals surface area contributed by atoms with Gasteiger partial charge < -0.3 is 19.9 Å². The fourth-order valence-corrected chi connectivity index (χ4v) is 3.02. The van der Waals surface area contributed by atoms with Crippen LogP contribution in [-0.4, -0.2) is 54.0 Å². The van der Waals surface area contributed by atoms with Gasteiger partial charge in [-0.15, -0.1) is 0 Å². The first-order chi connectivity index (χ1) is 12.6. The van der Waals surface area contributed by atoms with E-state index >= 15 is 0 Å². The number of ether oxygens (including phenoxy) is 2. The first kappa shape index (κ1) is 16.6. The lowest BCUT2D eigenvalue weighted by atomic mass is 10.0. The van der Waals surface area contributed by atoms with Crippen LogP contribution in [0.15, 0.2) is 23.9 Å².